The van der Waals surface area contributed by atoms with Crippen LogP contribution in [0, 0.1) is 0 Å². The van der Waals surface area contributed by atoms with Crippen LogP contribution in [0.2, 0.25) is 0 Å². The fraction of sp³-hybridized carbons (Fsp3) is 0.500. The Hall–Kier alpha value is -1.20. The molecule has 0 saturated carbocycles. The average Bonchev–Trinajstić information content (AvgIpc) is 2.45. The zero-order valence-electron chi connectivity index (χ0n) is 7.62. The third-order valence-electron chi connectivity index (χ3n) is 1.33. The van der Waals surface area contributed by atoms with Crippen LogP contribution < -0.4 is 5.32 Å². The summed E-state index contributed by atoms with van der Waals surface area (Å²) in [4.78, 5) is 24.3. The first-order chi connectivity index (χ1) is 6.15. The molecule has 5 heteroatoms. The fourth-order valence-corrected chi connectivity index (χ4v) is 0.715. The predicted molar refractivity (Wildman–Crippen MR) is 43.8 cm³/mol. The molecule has 1 radical (unpaired) electrons. The molecule has 0 saturated heterocycles. The fourth-order valence-electron chi connectivity index (χ4n) is 0.715. The van der Waals surface area contributed by atoms with Crippen LogP contribution in [0.25, 0.3) is 0 Å². The Bertz CT molecular complexity index is 220. The Morgan fingerprint density at radius 3 is 2.08 bits per heavy atom. The van der Waals surface area contributed by atoms with E-state index in [9.17, 15) is 9.59 Å². The number of imide groups is 1. The van der Waals surface area contributed by atoms with E-state index in [0.717, 1.165) is 0 Å². The summed E-state index contributed by atoms with van der Waals surface area (Å²) in [5, 5.41) is 10.9. The third kappa shape index (κ3) is 4.39. The van der Waals surface area contributed by atoms with Crippen LogP contribution in [0.5, 0.6) is 0 Å². The zero-order valence-corrected chi connectivity index (χ0v) is 7.62. The Labute approximate surface area is 76.3 Å². The van der Waals surface area contributed by atoms with Gasteiger partial charge in [-0.3, -0.25) is 14.9 Å². The molecule has 1 N–H and O–H groups in total. The second kappa shape index (κ2) is 6.33. The van der Waals surface area contributed by atoms with Crippen molar-refractivity contribution in [1.82, 2.24) is 5.32 Å². The number of carbonyl (C=O) groups is 2. The maximum atomic E-state index is 10.6. The number of rotatable bonds is 2. The number of hydrogen-bond acceptors (Lipinski definition) is 3. The lowest BCUT2D eigenvalue weighted by Crippen LogP contribution is -2.21. The molecule has 2 amide bonds. The minimum Gasteiger partial charge on any atom is -0.289 e. The van der Waals surface area contributed by atoms with Gasteiger partial charge in [-0.25, -0.2) is 4.89 Å². The molecule has 0 atom stereocenters. The second-order valence-electron chi connectivity index (χ2n) is 2.25. The summed E-state index contributed by atoms with van der Waals surface area (Å²) >= 11 is 0. The van der Waals surface area contributed by atoms with Gasteiger partial charge in [0.1, 0.15) is 0 Å². The summed E-state index contributed by atoms with van der Waals surface area (Å²) in [6.45, 7) is 3.75. The van der Waals surface area contributed by atoms with Crippen LogP contribution in [0.15, 0.2) is 11.6 Å². The van der Waals surface area contributed by atoms with E-state index in [-0.39, 0.29) is 18.4 Å². The Morgan fingerprint density at radius 1 is 1.38 bits per heavy atom. The summed E-state index contributed by atoms with van der Waals surface area (Å²) in [6, 6.07) is 0. The molecule has 1 aliphatic heterocycles. The molecule has 0 unspecified atom stereocenters. The van der Waals surface area contributed by atoms with E-state index in [1.54, 1.807) is 6.92 Å². The van der Waals surface area contributed by atoms with Crippen molar-refractivity contribution in [2.75, 3.05) is 6.61 Å². The van der Waals surface area contributed by atoms with Crippen molar-refractivity contribution in [2.45, 2.75) is 20.3 Å². The molecular formula is C8H12NO4. The van der Waals surface area contributed by atoms with Gasteiger partial charge in [0.05, 0.1) is 6.61 Å². The molecule has 0 spiro atoms. The molecule has 0 fully saturated rings. The van der Waals surface area contributed by atoms with Crippen molar-refractivity contribution in [2.24, 2.45) is 0 Å². The SMILES string of the molecule is CCC1=CC(=O)NC1=O.CCO[O]. The molecule has 1 heterocycles. The van der Waals surface area contributed by atoms with Crippen molar-refractivity contribution >= 4 is 11.8 Å². The lowest BCUT2D eigenvalue weighted by molar-refractivity contribution is -0.299. The summed E-state index contributed by atoms with van der Waals surface area (Å²) in [6.07, 6.45) is 1.96. The van der Waals surface area contributed by atoms with Crippen LogP contribution in [0.4, 0.5) is 0 Å². The Kier molecular flexibility index (Phi) is 5.75. The standard InChI is InChI=1S/C6H7NO2.C2H5O2/c1-2-4-3-5(8)7-6(4)9;1-2-4-3/h3H,2H2,1H3,(H,7,8,9);2H2,1H3. The normalized spacial score (nSPS) is 14.5. The minimum atomic E-state index is -0.295. The van der Waals surface area contributed by atoms with Gasteiger partial charge >= 0.3 is 0 Å². The highest BCUT2D eigenvalue weighted by Gasteiger charge is 2.17. The number of amides is 2. The minimum absolute atomic E-state index is 0.248. The lowest BCUT2D eigenvalue weighted by atomic mass is 10.2. The predicted octanol–water partition coefficient (Wildman–Crippen LogP) is 0.348. The van der Waals surface area contributed by atoms with Gasteiger partial charge < -0.3 is 0 Å². The monoisotopic (exact) mass is 186 g/mol. The summed E-state index contributed by atoms with van der Waals surface area (Å²) in [7, 11) is 0. The Balaban J connectivity index is 0.000000310. The van der Waals surface area contributed by atoms with Crippen molar-refractivity contribution in [1.29, 1.82) is 0 Å². The molecule has 0 aromatic carbocycles. The Morgan fingerprint density at radius 2 is 1.92 bits per heavy atom. The molecule has 0 aliphatic carbocycles. The van der Waals surface area contributed by atoms with Gasteiger partial charge in [0, 0.05) is 11.6 Å². The molecule has 0 bridgehead atoms. The van der Waals surface area contributed by atoms with Crippen molar-refractivity contribution < 1.29 is 19.7 Å². The van der Waals surface area contributed by atoms with Crippen molar-refractivity contribution in [3.63, 3.8) is 0 Å². The van der Waals surface area contributed by atoms with E-state index < -0.39 is 0 Å². The van der Waals surface area contributed by atoms with Crippen molar-refractivity contribution in [3.05, 3.63) is 11.6 Å². The number of hydrogen-bond donors (Lipinski definition) is 1. The van der Waals surface area contributed by atoms with Gasteiger partial charge in [0.2, 0.25) is 0 Å². The van der Waals surface area contributed by atoms with Gasteiger partial charge in [-0.15, -0.1) is 0 Å². The largest absolute Gasteiger partial charge is 0.289 e. The van der Waals surface area contributed by atoms with Crippen LogP contribution in [-0.2, 0) is 19.7 Å². The molecular weight excluding hydrogens is 174 g/mol. The molecule has 73 valence electrons. The quantitative estimate of drug-likeness (QED) is 0.384. The van der Waals surface area contributed by atoms with E-state index in [0.29, 0.717) is 12.0 Å². The summed E-state index contributed by atoms with van der Waals surface area (Å²) in [5.41, 5.74) is 0.569. The zero-order chi connectivity index (χ0) is 10.3. The molecule has 13 heavy (non-hydrogen) atoms. The number of nitrogens with one attached hydrogen (secondary N) is 1. The van der Waals surface area contributed by atoms with Gasteiger partial charge in [0.25, 0.3) is 11.8 Å². The molecule has 5 nitrogen and oxygen atoms in total. The first-order valence-electron chi connectivity index (χ1n) is 3.96. The van der Waals surface area contributed by atoms with E-state index in [4.69, 9.17) is 5.26 Å². The average molecular weight is 186 g/mol. The molecule has 1 rings (SSSR count). The van der Waals surface area contributed by atoms with Crippen LogP contribution in [-0.4, -0.2) is 18.4 Å². The highest BCUT2D eigenvalue weighted by atomic mass is 17.1. The van der Waals surface area contributed by atoms with Crippen molar-refractivity contribution in [3.8, 4) is 0 Å². The molecule has 0 aromatic rings. The first kappa shape index (κ1) is 11.8. The first-order valence-corrected chi connectivity index (χ1v) is 3.96. The summed E-state index contributed by atoms with van der Waals surface area (Å²) < 4.78 is 0. The highest BCUT2D eigenvalue weighted by molar-refractivity contribution is 6.16. The van der Waals surface area contributed by atoms with E-state index in [2.05, 4.69) is 10.2 Å². The van der Waals surface area contributed by atoms with Crippen LogP contribution in [0.3, 0.4) is 0 Å². The van der Waals surface area contributed by atoms with Gasteiger partial charge in [-0.2, -0.15) is 0 Å². The summed E-state index contributed by atoms with van der Waals surface area (Å²) in [5.74, 6) is -0.542. The van der Waals surface area contributed by atoms with E-state index >= 15 is 0 Å². The van der Waals surface area contributed by atoms with Crippen LogP contribution >= 0.6 is 0 Å². The third-order valence-corrected chi connectivity index (χ3v) is 1.33. The molecule has 0 aromatic heterocycles. The van der Waals surface area contributed by atoms with Gasteiger partial charge in [-0.1, -0.05) is 6.92 Å². The second-order valence-corrected chi connectivity index (χ2v) is 2.25. The van der Waals surface area contributed by atoms with Gasteiger partial charge in [0.15, 0.2) is 0 Å². The smallest absolute Gasteiger partial charge is 0.254 e. The number of carbonyl (C=O) groups excluding carboxylic acids is 2. The highest BCUT2D eigenvalue weighted by Crippen LogP contribution is 2.04. The maximum Gasteiger partial charge on any atom is 0.254 e. The van der Waals surface area contributed by atoms with Gasteiger partial charge in [-0.05, 0) is 18.6 Å². The lowest BCUT2D eigenvalue weighted by Gasteiger charge is -1.89. The topological polar surface area (TPSA) is 75.3 Å². The maximum absolute atomic E-state index is 10.6. The van der Waals surface area contributed by atoms with E-state index in [1.807, 2.05) is 6.92 Å². The van der Waals surface area contributed by atoms with E-state index in [1.165, 1.54) is 6.08 Å². The van der Waals surface area contributed by atoms with Crippen LogP contribution in [0.1, 0.15) is 20.3 Å². The molecule has 1 aliphatic rings.